The molecule has 0 bridgehead atoms. The van der Waals surface area contributed by atoms with Crippen molar-refractivity contribution in [3.63, 3.8) is 0 Å². The maximum absolute atomic E-state index is 13.7. The lowest BCUT2D eigenvalue weighted by molar-refractivity contribution is 0.448. The molecule has 0 aliphatic heterocycles. The highest BCUT2D eigenvalue weighted by Crippen LogP contribution is 2.26. The Balaban J connectivity index is 3.23. The second kappa shape index (κ2) is 4.81. The molecular formula is C12H18F2N2O2S. The molecule has 1 aromatic carbocycles. The third kappa shape index (κ3) is 3.29. The SMILES string of the molecule is CC(C)(N)S(=O)(=O)C[C@](C)(N)c1cccc(F)c1F. The van der Waals surface area contributed by atoms with Gasteiger partial charge < -0.3 is 11.5 Å². The fourth-order valence-electron chi connectivity index (χ4n) is 1.60. The van der Waals surface area contributed by atoms with Gasteiger partial charge in [-0.3, -0.25) is 0 Å². The predicted molar refractivity (Wildman–Crippen MR) is 70.0 cm³/mol. The van der Waals surface area contributed by atoms with Crippen LogP contribution in [0, 0.1) is 11.6 Å². The summed E-state index contributed by atoms with van der Waals surface area (Å²) in [5.74, 6) is -2.79. The number of nitrogens with two attached hydrogens (primary N) is 2. The van der Waals surface area contributed by atoms with E-state index in [0.29, 0.717) is 0 Å². The molecule has 7 heteroatoms. The number of sulfone groups is 1. The summed E-state index contributed by atoms with van der Waals surface area (Å²) in [6, 6.07) is 3.48. The van der Waals surface area contributed by atoms with E-state index in [4.69, 9.17) is 11.5 Å². The summed E-state index contributed by atoms with van der Waals surface area (Å²) in [4.78, 5) is -1.50. The number of benzene rings is 1. The Bertz CT molecular complexity index is 578. The molecule has 0 radical (unpaired) electrons. The molecule has 0 aromatic heterocycles. The Morgan fingerprint density at radius 2 is 1.68 bits per heavy atom. The van der Waals surface area contributed by atoms with E-state index in [1.165, 1.54) is 32.9 Å². The molecule has 108 valence electrons. The third-order valence-electron chi connectivity index (χ3n) is 2.86. The molecule has 0 amide bonds. The Hall–Kier alpha value is -1.05. The van der Waals surface area contributed by atoms with Gasteiger partial charge in [0.25, 0.3) is 0 Å². The summed E-state index contributed by atoms with van der Waals surface area (Å²) < 4.78 is 50.9. The third-order valence-corrected chi connectivity index (χ3v) is 5.44. The largest absolute Gasteiger partial charge is 0.321 e. The summed E-state index contributed by atoms with van der Waals surface area (Å²) in [5, 5.41) is 0. The lowest BCUT2D eigenvalue weighted by atomic mass is 9.95. The van der Waals surface area contributed by atoms with E-state index in [-0.39, 0.29) is 5.56 Å². The average Bonchev–Trinajstić information content (AvgIpc) is 2.18. The van der Waals surface area contributed by atoms with Gasteiger partial charge >= 0.3 is 0 Å². The summed E-state index contributed by atoms with van der Waals surface area (Å²) in [5.41, 5.74) is 9.64. The molecule has 0 saturated heterocycles. The van der Waals surface area contributed by atoms with Crippen LogP contribution >= 0.6 is 0 Å². The maximum Gasteiger partial charge on any atom is 0.170 e. The second-order valence-electron chi connectivity index (χ2n) is 5.38. The van der Waals surface area contributed by atoms with Crippen LogP contribution in [0.1, 0.15) is 26.3 Å². The van der Waals surface area contributed by atoms with Crippen molar-refractivity contribution in [3.8, 4) is 0 Å². The van der Waals surface area contributed by atoms with Crippen molar-refractivity contribution in [1.29, 1.82) is 0 Å². The molecule has 1 aromatic rings. The molecule has 4 N–H and O–H groups in total. The minimum Gasteiger partial charge on any atom is -0.321 e. The summed E-state index contributed by atoms with van der Waals surface area (Å²) in [6.45, 7) is 3.97. The Labute approximate surface area is 111 Å². The van der Waals surface area contributed by atoms with E-state index in [9.17, 15) is 17.2 Å². The average molecular weight is 292 g/mol. The molecule has 0 heterocycles. The van der Waals surface area contributed by atoms with Crippen molar-refractivity contribution >= 4 is 9.84 Å². The summed E-state index contributed by atoms with van der Waals surface area (Å²) in [7, 11) is -3.77. The molecule has 0 saturated carbocycles. The molecule has 0 aliphatic rings. The molecule has 1 rings (SSSR count). The summed E-state index contributed by atoms with van der Waals surface area (Å²) >= 11 is 0. The maximum atomic E-state index is 13.7. The smallest absolute Gasteiger partial charge is 0.170 e. The summed E-state index contributed by atoms with van der Waals surface area (Å²) in [6.07, 6.45) is 0. The predicted octanol–water partition coefficient (Wildman–Crippen LogP) is 1.25. The van der Waals surface area contributed by atoms with Crippen molar-refractivity contribution in [2.75, 3.05) is 5.75 Å². The molecule has 0 unspecified atom stereocenters. The number of hydrogen-bond acceptors (Lipinski definition) is 4. The Kier molecular flexibility index (Phi) is 4.05. The van der Waals surface area contributed by atoms with Crippen molar-refractivity contribution in [1.82, 2.24) is 0 Å². The molecular weight excluding hydrogens is 274 g/mol. The molecule has 4 nitrogen and oxygen atoms in total. The van der Waals surface area contributed by atoms with E-state index in [1.54, 1.807) is 0 Å². The molecule has 0 fully saturated rings. The van der Waals surface area contributed by atoms with Gasteiger partial charge in [0.2, 0.25) is 0 Å². The number of rotatable bonds is 4. The zero-order chi connectivity index (χ0) is 15.1. The van der Waals surface area contributed by atoms with Crippen LogP contribution in [0.25, 0.3) is 0 Å². The van der Waals surface area contributed by atoms with Gasteiger partial charge in [-0.1, -0.05) is 12.1 Å². The van der Waals surface area contributed by atoms with Crippen LogP contribution in [0.4, 0.5) is 8.78 Å². The highest BCUT2D eigenvalue weighted by molar-refractivity contribution is 7.92. The van der Waals surface area contributed by atoms with E-state index < -0.39 is 37.6 Å². The second-order valence-corrected chi connectivity index (χ2v) is 7.95. The van der Waals surface area contributed by atoms with Crippen LogP contribution in [0.3, 0.4) is 0 Å². The fraction of sp³-hybridized carbons (Fsp3) is 0.500. The Morgan fingerprint density at radius 1 is 1.16 bits per heavy atom. The van der Waals surface area contributed by atoms with Gasteiger partial charge in [0.1, 0.15) is 4.87 Å². The standard InChI is InChI=1S/C12H18F2N2O2S/c1-11(2,15)19(17,18)7-12(3,16)8-5-4-6-9(13)10(8)14/h4-6H,7,15-16H2,1-3H3/t12-/m0/s1. The fourth-order valence-corrected chi connectivity index (χ4v) is 2.92. The molecule has 0 spiro atoms. The van der Waals surface area contributed by atoms with Crippen LogP contribution in [0.5, 0.6) is 0 Å². The van der Waals surface area contributed by atoms with Gasteiger partial charge in [-0.25, -0.2) is 17.2 Å². The normalized spacial score (nSPS) is 16.2. The minimum atomic E-state index is -3.77. The quantitative estimate of drug-likeness (QED) is 0.874. The van der Waals surface area contributed by atoms with Crippen molar-refractivity contribution in [2.45, 2.75) is 31.2 Å². The Morgan fingerprint density at radius 3 is 2.16 bits per heavy atom. The van der Waals surface area contributed by atoms with E-state index in [0.717, 1.165) is 6.07 Å². The first-order chi connectivity index (χ1) is 8.38. The zero-order valence-electron chi connectivity index (χ0n) is 11.1. The number of halogens is 2. The molecule has 0 aliphatic carbocycles. The van der Waals surface area contributed by atoms with Crippen LogP contribution < -0.4 is 11.5 Å². The van der Waals surface area contributed by atoms with Gasteiger partial charge in [-0.05, 0) is 26.8 Å². The van der Waals surface area contributed by atoms with Crippen molar-refractivity contribution < 1.29 is 17.2 Å². The minimum absolute atomic E-state index is 0.194. The van der Waals surface area contributed by atoms with E-state index in [2.05, 4.69) is 0 Å². The van der Waals surface area contributed by atoms with Crippen LogP contribution in [-0.4, -0.2) is 19.0 Å². The van der Waals surface area contributed by atoms with Crippen LogP contribution in [0.15, 0.2) is 18.2 Å². The van der Waals surface area contributed by atoms with Gasteiger partial charge in [0.05, 0.1) is 11.3 Å². The molecule has 19 heavy (non-hydrogen) atoms. The van der Waals surface area contributed by atoms with Crippen LogP contribution in [0.2, 0.25) is 0 Å². The first kappa shape index (κ1) is 16.0. The number of hydrogen-bond donors (Lipinski definition) is 2. The van der Waals surface area contributed by atoms with Crippen molar-refractivity contribution in [2.24, 2.45) is 11.5 Å². The lowest BCUT2D eigenvalue weighted by Crippen LogP contribution is -2.50. The zero-order valence-corrected chi connectivity index (χ0v) is 11.9. The van der Waals surface area contributed by atoms with Gasteiger partial charge in [0.15, 0.2) is 21.5 Å². The van der Waals surface area contributed by atoms with E-state index in [1.807, 2.05) is 0 Å². The topological polar surface area (TPSA) is 86.2 Å². The van der Waals surface area contributed by atoms with Crippen LogP contribution in [-0.2, 0) is 15.4 Å². The lowest BCUT2D eigenvalue weighted by Gasteiger charge is -2.29. The van der Waals surface area contributed by atoms with Crippen molar-refractivity contribution in [3.05, 3.63) is 35.4 Å². The van der Waals surface area contributed by atoms with Gasteiger partial charge in [0, 0.05) is 5.56 Å². The monoisotopic (exact) mass is 292 g/mol. The molecule has 1 atom stereocenters. The van der Waals surface area contributed by atoms with E-state index >= 15 is 0 Å². The highest BCUT2D eigenvalue weighted by Gasteiger charge is 2.38. The van der Waals surface area contributed by atoms with Gasteiger partial charge in [-0.2, -0.15) is 0 Å². The van der Waals surface area contributed by atoms with Gasteiger partial charge in [-0.15, -0.1) is 0 Å². The highest BCUT2D eigenvalue weighted by atomic mass is 32.2. The first-order valence-corrected chi connectivity index (χ1v) is 7.28. The first-order valence-electron chi connectivity index (χ1n) is 5.63.